The molecule has 6 nitrogen and oxygen atoms in total. The third-order valence-corrected chi connectivity index (χ3v) is 5.83. The molecule has 0 N–H and O–H groups in total. The van der Waals surface area contributed by atoms with Crippen molar-refractivity contribution in [2.45, 2.75) is 13.1 Å². The highest BCUT2D eigenvalue weighted by atomic mass is 35.5. The van der Waals surface area contributed by atoms with Crippen LogP contribution < -0.4 is 4.90 Å². The highest BCUT2D eigenvalue weighted by Gasteiger charge is 2.20. The van der Waals surface area contributed by atoms with Gasteiger partial charge in [-0.25, -0.2) is 9.97 Å². The normalized spacial score (nSPS) is 14.0. The Morgan fingerprint density at radius 1 is 1.14 bits per heavy atom. The maximum atomic E-state index is 13.2. The predicted octanol–water partition coefficient (Wildman–Crippen LogP) is 3.87. The first-order chi connectivity index (χ1) is 14.2. The number of amides is 1. The van der Waals surface area contributed by atoms with Gasteiger partial charge in [-0.2, -0.15) is 0 Å². The van der Waals surface area contributed by atoms with Crippen LogP contribution in [0.4, 0.5) is 5.13 Å². The fourth-order valence-corrected chi connectivity index (χ4v) is 4.13. The summed E-state index contributed by atoms with van der Waals surface area (Å²) in [4.78, 5) is 26.0. The van der Waals surface area contributed by atoms with Crippen LogP contribution in [0.3, 0.4) is 0 Å². The summed E-state index contributed by atoms with van der Waals surface area (Å²) in [5, 5.41) is 3.37. The zero-order valence-electron chi connectivity index (χ0n) is 15.8. The van der Waals surface area contributed by atoms with Gasteiger partial charge in [0.05, 0.1) is 31.0 Å². The summed E-state index contributed by atoms with van der Waals surface area (Å²) in [5.41, 5.74) is 2.45. The highest BCUT2D eigenvalue weighted by Crippen LogP contribution is 2.23. The molecule has 0 atom stereocenters. The minimum atomic E-state index is -0.0982. The smallest absolute Gasteiger partial charge is 0.256 e. The lowest BCUT2D eigenvalue weighted by Crippen LogP contribution is -2.36. The maximum absolute atomic E-state index is 13.2. The van der Waals surface area contributed by atoms with E-state index in [4.69, 9.17) is 21.3 Å². The third kappa shape index (κ3) is 5.12. The zero-order valence-corrected chi connectivity index (χ0v) is 17.4. The van der Waals surface area contributed by atoms with Crippen LogP contribution in [0.5, 0.6) is 0 Å². The monoisotopic (exact) mass is 428 g/mol. The van der Waals surface area contributed by atoms with Crippen molar-refractivity contribution in [1.29, 1.82) is 0 Å². The van der Waals surface area contributed by atoms with E-state index >= 15 is 0 Å². The first kappa shape index (κ1) is 19.8. The lowest BCUT2D eigenvalue weighted by atomic mass is 10.2. The van der Waals surface area contributed by atoms with Gasteiger partial charge in [0.15, 0.2) is 5.13 Å². The molecule has 0 spiro atoms. The zero-order chi connectivity index (χ0) is 20.1. The highest BCUT2D eigenvalue weighted by molar-refractivity contribution is 7.13. The minimum Gasteiger partial charge on any atom is -0.378 e. The second kappa shape index (κ2) is 9.35. The molecule has 0 saturated carbocycles. The Morgan fingerprint density at radius 3 is 2.66 bits per heavy atom. The van der Waals surface area contributed by atoms with E-state index in [9.17, 15) is 4.79 Å². The molecule has 0 unspecified atom stereocenters. The van der Waals surface area contributed by atoms with Gasteiger partial charge in [-0.05, 0) is 17.7 Å². The van der Waals surface area contributed by atoms with Crippen LogP contribution in [0.15, 0.2) is 54.0 Å². The summed E-state index contributed by atoms with van der Waals surface area (Å²) >= 11 is 7.48. The van der Waals surface area contributed by atoms with Crippen LogP contribution in [0.25, 0.3) is 0 Å². The number of thiazole rings is 1. The molecule has 4 rings (SSSR count). The van der Waals surface area contributed by atoms with E-state index in [0.717, 1.165) is 42.7 Å². The molecule has 8 heteroatoms. The molecule has 1 fully saturated rings. The number of ether oxygens (including phenoxy) is 1. The number of carbonyl (C=O) groups is 1. The molecule has 0 aliphatic carbocycles. The summed E-state index contributed by atoms with van der Waals surface area (Å²) in [6, 6.07) is 13.3. The SMILES string of the molecule is O=C(c1ccc(Cl)nc1)N(Cc1ccccc1)Cc1csc(N2CCOCC2)n1. The number of benzene rings is 1. The van der Waals surface area contributed by atoms with Crippen LogP contribution in [0.2, 0.25) is 5.15 Å². The summed E-state index contributed by atoms with van der Waals surface area (Å²) in [6.45, 7) is 4.05. The van der Waals surface area contributed by atoms with Crippen molar-refractivity contribution >= 4 is 34.0 Å². The van der Waals surface area contributed by atoms with E-state index in [1.165, 1.54) is 6.20 Å². The molecule has 29 heavy (non-hydrogen) atoms. The van der Waals surface area contributed by atoms with Gasteiger partial charge in [0.1, 0.15) is 5.15 Å². The molecule has 1 amide bonds. The first-order valence-corrected chi connectivity index (χ1v) is 10.7. The van der Waals surface area contributed by atoms with Crippen molar-refractivity contribution in [3.63, 3.8) is 0 Å². The molecular formula is C21H21ClN4O2S. The van der Waals surface area contributed by atoms with Gasteiger partial charge in [0.25, 0.3) is 5.91 Å². The van der Waals surface area contributed by atoms with E-state index in [0.29, 0.717) is 23.8 Å². The molecule has 1 saturated heterocycles. The Balaban J connectivity index is 1.54. The standard InChI is InChI=1S/C21H21ClN4O2S/c22-19-7-6-17(12-23-19)20(27)26(13-16-4-2-1-3-5-16)14-18-15-29-21(24-18)25-8-10-28-11-9-25/h1-7,12,15H,8-11,13-14H2. The summed E-state index contributed by atoms with van der Waals surface area (Å²) in [6.07, 6.45) is 1.52. The van der Waals surface area contributed by atoms with Crippen molar-refractivity contribution in [2.75, 3.05) is 31.2 Å². The fraction of sp³-hybridized carbons (Fsp3) is 0.286. The van der Waals surface area contributed by atoms with Crippen molar-refractivity contribution in [2.24, 2.45) is 0 Å². The van der Waals surface area contributed by atoms with E-state index in [2.05, 4.69) is 9.88 Å². The largest absolute Gasteiger partial charge is 0.378 e. The van der Waals surface area contributed by atoms with Crippen LogP contribution in [-0.4, -0.2) is 47.1 Å². The Bertz CT molecular complexity index is 943. The number of rotatable bonds is 6. The van der Waals surface area contributed by atoms with E-state index < -0.39 is 0 Å². The number of nitrogens with zero attached hydrogens (tertiary/aromatic N) is 4. The second-order valence-electron chi connectivity index (χ2n) is 6.74. The van der Waals surface area contributed by atoms with Crippen LogP contribution >= 0.6 is 22.9 Å². The molecule has 1 aromatic carbocycles. The number of anilines is 1. The van der Waals surface area contributed by atoms with Crippen molar-refractivity contribution in [1.82, 2.24) is 14.9 Å². The topological polar surface area (TPSA) is 58.6 Å². The number of halogens is 1. The van der Waals surface area contributed by atoms with E-state index in [1.807, 2.05) is 35.7 Å². The molecule has 3 heterocycles. The lowest BCUT2D eigenvalue weighted by Gasteiger charge is -2.26. The minimum absolute atomic E-state index is 0.0982. The third-order valence-electron chi connectivity index (χ3n) is 4.65. The molecule has 0 bridgehead atoms. The summed E-state index contributed by atoms with van der Waals surface area (Å²) in [7, 11) is 0. The van der Waals surface area contributed by atoms with Crippen LogP contribution in [0.1, 0.15) is 21.6 Å². The van der Waals surface area contributed by atoms with Crippen molar-refractivity contribution in [3.05, 3.63) is 76.0 Å². The van der Waals surface area contributed by atoms with E-state index in [-0.39, 0.29) is 5.91 Å². The molecule has 150 valence electrons. The average molecular weight is 429 g/mol. The number of hydrogen-bond acceptors (Lipinski definition) is 6. The Kier molecular flexibility index (Phi) is 6.39. The van der Waals surface area contributed by atoms with Gasteiger partial charge in [0, 0.05) is 31.2 Å². The number of carbonyl (C=O) groups excluding carboxylic acids is 1. The number of morpholine rings is 1. The first-order valence-electron chi connectivity index (χ1n) is 9.41. The second-order valence-corrected chi connectivity index (χ2v) is 7.96. The average Bonchev–Trinajstić information content (AvgIpc) is 3.23. The number of aromatic nitrogens is 2. The Hall–Kier alpha value is -2.48. The predicted molar refractivity (Wildman–Crippen MR) is 114 cm³/mol. The molecule has 1 aliphatic heterocycles. The molecule has 3 aromatic rings. The molecule has 2 aromatic heterocycles. The Labute approximate surface area is 178 Å². The van der Waals surface area contributed by atoms with Crippen LogP contribution in [0, 0.1) is 0 Å². The van der Waals surface area contributed by atoms with Crippen LogP contribution in [-0.2, 0) is 17.8 Å². The van der Waals surface area contributed by atoms with Crippen molar-refractivity contribution in [3.8, 4) is 0 Å². The van der Waals surface area contributed by atoms with Gasteiger partial charge in [-0.1, -0.05) is 41.9 Å². The quantitative estimate of drug-likeness (QED) is 0.558. The lowest BCUT2D eigenvalue weighted by molar-refractivity contribution is 0.0727. The van der Waals surface area contributed by atoms with Gasteiger partial charge in [-0.15, -0.1) is 11.3 Å². The number of hydrogen-bond donors (Lipinski definition) is 0. The molecular weight excluding hydrogens is 408 g/mol. The van der Waals surface area contributed by atoms with Gasteiger partial charge in [-0.3, -0.25) is 4.79 Å². The van der Waals surface area contributed by atoms with E-state index in [1.54, 1.807) is 28.4 Å². The molecule has 0 radical (unpaired) electrons. The number of pyridine rings is 1. The summed E-state index contributed by atoms with van der Waals surface area (Å²) < 4.78 is 5.41. The summed E-state index contributed by atoms with van der Waals surface area (Å²) in [5.74, 6) is -0.0982. The van der Waals surface area contributed by atoms with Gasteiger partial charge >= 0.3 is 0 Å². The Morgan fingerprint density at radius 2 is 1.93 bits per heavy atom. The molecule has 1 aliphatic rings. The maximum Gasteiger partial charge on any atom is 0.256 e. The fourth-order valence-electron chi connectivity index (χ4n) is 3.15. The van der Waals surface area contributed by atoms with Gasteiger partial charge < -0.3 is 14.5 Å². The van der Waals surface area contributed by atoms with Crippen molar-refractivity contribution < 1.29 is 9.53 Å². The van der Waals surface area contributed by atoms with Gasteiger partial charge in [0.2, 0.25) is 0 Å².